The third-order valence-corrected chi connectivity index (χ3v) is 11.5. The van der Waals surface area contributed by atoms with E-state index in [9.17, 15) is 19.5 Å². The van der Waals surface area contributed by atoms with Crippen LogP contribution in [0.2, 0.25) is 0 Å². The minimum Gasteiger partial charge on any atom is -0.465 e. The number of aliphatic hydroxyl groups is 1. The quantitative estimate of drug-likeness (QED) is 0.147. The number of allylic oxidation sites excluding steroid dienone is 1. The lowest BCUT2D eigenvalue weighted by atomic mass is 9.66. The van der Waals surface area contributed by atoms with Crippen molar-refractivity contribution in [3.05, 3.63) is 49.6 Å². The van der Waals surface area contributed by atoms with Crippen LogP contribution in [-0.2, 0) is 19.1 Å². The Kier molecular flexibility index (Phi) is 11.0. The van der Waals surface area contributed by atoms with Gasteiger partial charge in [0, 0.05) is 48.9 Å². The molecule has 0 aliphatic carbocycles. The van der Waals surface area contributed by atoms with Gasteiger partial charge in [0.25, 0.3) is 5.91 Å². The summed E-state index contributed by atoms with van der Waals surface area (Å²) in [5.74, 6) is -1.79. The van der Waals surface area contributed by atoms with Crippen LogP contribution >= 0.6 is 11.8 Å². The number of anilines is 2. The number of ether oxygens (including phenoxy) is 1. The van der Waals surface area contributed by atoms with E-state index in [1.807, 2.05) is 24.3 Å². The molecule has 8 nitrogen and oxygen atoms in total. The molecule has 0 aromatic heterocycles. The van der Waals surface area contributed by atoms with E-state index in [-0.39, 0.29) is 24.4 Å². The van der Waals surface area contributed by atoms with Crippen LogP contribution < -0.4 is 9.80 Å². The van der Waals surface area contributed by atoms with Gasteiger partial charge in [-0.05, 0) is 90.0 Å². The van der Waals surface area contributed by atoms with Crippen molar-refractivity contribution in [1.82, 2.24) is 4.90 Å². The zero-order valence-electron chi connectivity index (χ0n) is 26.1. The minimum atomic E-state index is -0.703. The second kappa shape index (κ2) is 14.3. The molecule has 3 saturated heterocycles. The van der Waals surface area contributed by atoms with Crippen molar-refractivity contribution in [2.45, 2.75) is 81.3 Å². The van der Waals surface area contributed by atoms with Crippen LogP contribution in [-0.4, -0.2) is 82.7 Å². The molecule has 4 rings (SSSR count). The molecule has 1 spiro atoms. The SMILES string of the molecule is C=CCCCOC(=O)[C@H]1[C@H]2C(=O)N(CCCCCO)C(C(=O)N(CC=C)c3ccc(N(CC)CC)cc3)C23CC[C@]1(C)S3. The zero-order chi connectivity index (χ0) is 31.2. The lowest BCUT2D eigenvalue weighted by Gasteiger charge is -2.37. The molecule has 1 N–H and O–H groups in total. The summed E-state index contributed by atoms with van der Waals surface area (Å²) in [4.78, 5) is 48.4. The molecule has 1 aromatic carbocycles. The number of esters is 1. The van der Waals surface area contributed by atoms with Gasteiger partial charge in [0.2, 0.25) is 5.91 Å². The highest BCUT2D eigenvalue weighted by atomic mass is 32.2. The number of nitrogens with zero attached hydrogens (tertiary/aromatic N) is 3. The Morgan fingerprint density at radius 2 is 1.77 bits per heavy atom. The standard InChI is InChI=1S/C34H49N3O5S/c1-6-10-14-24-42-32(41)28-27-30(39)37(22-12-11-13-23-38)29(34(27)20-19-33(28,5)43-34)31(40)36(21-7-2)26-17-15-25(16-18-26)35(8-3)9-4/h6-7,15-18,27-29,38H,1-2,8-14,19-24H2,3-5H3/t27-,28+,29?,33-,34?/m0/s1. The Morgan fingerprint density at radius 1 is 1.07 bits per heavy atom. The Balaban J connectivity index is 1.69. The maximum atomic E-state index is 14.8. The predicted molar refractivity (Wildman–Crippen MR) is 174 cm³/mol. The number of amides is 2. The van der Waals surface area contributed by atoms with Gasteiger partial charge in [-0.25, -0.2) is 0 Å². The molecule has 3 aliphatic heterocycles. The monoisotopic (exact) mass is 611 g/mol. The summed E-state index contributed by atoms with van der Waals surface area (Å²) in [6, 6.07) is 7.31. The summed E-state index contributed by atoms with van der Waals surface area (Å²) in [6.07, 6.45) is 8.48. The van der Waals surface area contributed by atoms with Crippen molar-refractivity contribution in [2.75, 3.05) is 49.2 Å². The van der Waals surface area contributed by atoms with Crippen molar-refractivity contribution in [2.24, 2.45) is 11.8 Å². The number of likely N-dealkylation sites (tertiary alicyclic amines) is 1. The van der Waals surface area contributed by atoms with Gasteiger partial charge in [-0.3, -0.25) is 14.4 Å². The highest BCUT2D eigenvalue weighted by Gasteiger charge is 2.77. The molecule has 3 aliphatic rings. The summed E-state index contributed by atoms with van der Waals surface area (Å²) >= 11 is 1.66. The number of fused-ring (bicyclic) bond motifs is 1. The molecule has 3 fully saturated rings. The number of thioether (sulfide) groups is 1. The van der Waals surface area contributed by atoms with Gasteiger partial charge in [-0.1, -0.05) is 12.2 Å². The van der Waals surface area contributed by atoms with Crippen molar-refractivity contribution >= 4 is 40.9 Å². The van der Waals surface area contributed by atoms with E-state index in [0.717, 1.165) is 43.7 Å². The van der Waals surface area contributed by atoms with Crippen molar-refractivity contribution in [3.8, 4) is 0 Å². The number of benzene rings is 1. The van der Waals surface area contributed by atoms with Gasteiger partial charge in [0.1, 0.15) is 6.04 Å². The highest BCUT2D eigenvalue weighted by molar-refractivity contribution is 8.02. The molecule has 5 atom stereocenters. The number of carbonyl (C=O) groups is 3. The summed E-state index contributed by atoms with van der Waals surface area (Å²) < 4.78 is 4.57. The molecule has 0 radical (unpaired) electrons. The Labute approximate surface area is 261 Å². The van der Waals surface area contributed by atoms with Crippen molar-refractivity contribution in [1.29, 1.82) is 0 Å². The Bertz CT molecular complexity index is 1170. The highest BCUT2D eigenvalue weighted by Crippen LogP contribution is 2.71. The lowest BCUT2D eigenvalue weighted by Crippen LogP contribution is -2.55. The van der Waals surface area contributed by atoms with Crippen LogP contribution in [0, 0.1) is 11.8 Å². The fourth-order valence-electron chi connectivity index (χ4n) is 7.40. The summed E-state index contributed by atoms with van der Waals surface area (Å²) in [6.45, 7) is 16.8. The topological polar surface area (TPSA) is 90.4 Å². The number of rotatable bonds is 17. The van der Waals surface area contributed by atoms with E-state index in [1.54, 1.807) is 33.7 Å². The van der Waals surface area contributed by atoms with E-state index >= 15 is 0 Å². The summed E-state index contributed by atoms with van der Waals surface area (Å²) in [7, 11) is 0. The van der Waals surface area contributed by atoms with E-state index in [1.165, 1.54) is 0 Å². The first-order valence-corrected chi connectivity index (χ1v) is 16.7. The van der Waals surface area contributed by atoms with Crippen LogP contribution in [0.3, 0.4) is 0 Å². The fraction of sp³-hybridized carbons (Fsp3) is 0.618. The molecule has 2 amide bonds. The van der Waals surface area contributed by atoms with E-state index in [4.69, 9.17) is 4.74 Å². The van der Waals surface area contributed by atoms with Crippen LogP contribution in [0.4, 0.5) is 11.4 Å². The normalized spacial score (nSPS) is 27.2. The molecule has 236 valence electrons. The van der Waals surface area contributed by atoms with Crippen LogP contribution in [0.1, 0.15) is 65.7 Å². The Morgan fingerprint density at radius 3 is 2.40 bits per heavy atom. The maximum Gasteiger partial charge on any atom is 0.311 e. The van der Waals surface area contributed by atoms with Crippen LogP contribution in [0.25, 0.3) is 0 Å². The molecule has 43 heavy (non-hydrogen) atoms. The average molecular weight is 612 g/mol. The lowest BCUT2D eigenvalue weighted by molar-refractivity contribution is -0.155. The number of hydrogen-bond acceptors (Lipinski definition) is 7. The average Bonchev–Trinajstić information content (AvgIpc) is 3.57. The number of hydrogen-bond donors (Lipinski definition) is 1. The first-order chi connectivity index (χ1) is 20.7. The molecule has 1 aromatic rings. The van der Waals surface area contributed by atoms with Gasteiger partial charge in [0.05, 0.1) is 23.2 Å². The smallest absolute Gasteiger partial charge is 0.311 e. The van der Waals surface area contributed by atoms with Crippen LogP contribution in [0.15, 0.2) is 49.6 Å². The first-order valence-electron chi connectivity index (χ1n) is 15.9. The minimum absolute atomic E-state index is 0.0907. The molecule has 0 saturated carbocycles. The first kappa shape index (κ1) is 33.1. The van der Waals surface area contributed by atoms with Crippen molar-refractivity contribution < 1.29 is 24.2 Å². The number of aliphatic hydroxyl groups excluding tert-OH is 1. The zero-order valence-corrected chi connectivity index (χ0v) is 26.9. The van der Waals surface area contributed by atoms with E-state index < -0.39 is 27.4 Å². The fourth-order valence-corrected chi connectivity index (χ4v) is 9.73. The predicted octanol–water partition coefficient (Wildman–Crippen LogP) is 5.21. The number of carbonyl (C=O) groups excluding carboxylic acids is 3. The number of unbranched alkanes of at least 4 members (excludes halogenated alkanes) is 3. The second-order valence-corrected chi connectivity index (χ2v) is 14.0. The molecule has 3 heterocycles. The largest absolute Gasteiger partial charge is 0.465 e. The van der Waals surface area contributed by atoms with Crippen LogP contribution in [0.5, 0.6) is 0 Å². The van der Waals surface area contributed by atoms with E-state index in [0.29, 0.717) is 45.4 Å². The molecule has 2 bridgehead atoms. The molecular formula is C34H49N3O5S. The van der Waals surface area contributed by atoms with E-state index in [2.05, 4.69) is 38.8 Å². The second-order valence-electron chi connectivity index (χ2n) is 12.1. The third-order valence-electron chi connectivity index (χ3n) is 9.49. The molecule has 9 heteroatoms. The van der Waals surface area contributed by atoms with Gasteiger partial charge in [-0.15, -0.1) is 24.9 Å². The maximum absolute atomic E-state index is 14.8. The third kappa shape index (κ3) is 6.25. The molecular weight excluding hydrogens is 562 g/mol. The summed E-state index contributed by atoms with van der Waals surface area (Å²) in [5.41, 5.74) is 1.85. The van der Waals surface area contributed by atoms with Gasteiger partial charge < -0.3 is 24.5 Å². The van der Waals surface area contributed by atoms with Gasteiger partial charge >= 0.3 is 5.97 Å². The van der Waals surface area contributed by atoms with Gasteiger partial charge in [0.15, 0.2) is 0 Å². The molecule has 2 unspecified atom stereocenters. The van der Waals surface area contributed by atoms with Gasteiger partial charge in [-0.2, -0.15) is 0 Å². The summed E-state index contributed by atoms with van der Waals surface area (Å²) in [5, 5.41) is 9.32. The van der Waals surface area contributed by atoms with Crippen molar-refractivity contribution in [3.63, 3.8) is 0 Å². The Hall–Kier alpha value is -2.78.